The molecule has 2 aromatic rings. The summed E-state index contributed by atoms with van der Waals surface area (Å²) in [6, 6.07) is 13.1. The summed E-state index contributed by atoms with van der Waals surface area (Å²) in [7, 11) is 1.62. The first-order valence-corrected chi connectivity index (χ1v) is 7.27. The van der Waals surface area contributed by atoms with E-state index in [-0.39, 0.29) is 5.91 Å². The molecule has 0 saturated heterocycles. The molecule has 0 aliphatic heterocycles. The van der Waals surface area contributed by atoms with Gasteiger partial charge in [0, 0.05) is 23.5 Å². The number of benzene rings is 2. The summed E-state index contributed by atoms with van der Waals surface area (Å²) >= 11 is 0. The molecule has 1 saturated carbocycles. The quantitative estimate of drug-likeness (QED) is 0.742. The number of ether oxygens (including phenoxy) is 1. The number of nitrogen functional groups attached to an aromatic ring is 1. The fourth-order valence-electron chi connectivity index (χ4n) is 2.21. The number of nitrogens with two attached hydrogens (primary N) is 1. The molecule has 22 heavy (non-hydrogen) atoms. The van der Waals surface area contributed by atoms with Crippen LogP contribution in [0.25, 0.3) is 0 Å². The van der Waals surface area contributed by atoms with Gasteiger partial charge in [-0.2, -0.15) is 0 Å². The molecule has 0 bridgehead atoms. The largest absolute Gasteiger partial charge is 0.497 e. The zero-order valence-electron chi connectivity index (χ0n) is 12.4. The fraction of sp³-hybridized carbons (Fsp3) is 0.235. The molecule has 5 heteroatoms. The molecule has 2 aromatic carbocycles. The smallest absolute Gasteiger partial charge is 0.253 e. The predicted octanol–water partition coefficient (Wildman–Crippen LogP) is 2.91. The highest BCUT2D eigenvalue weighted by Gasteiger charge is 2.25. The van der Waals surface area contributed by atoms with Crippen LogP contribution in [0.5, 0.6) is 5.75 Å². The van der Waals surface area contributed by atoms with Crippen LogP contribution in [0.15, 0.2) is 42.5 Å². The van der Waals surface area contributed by atoms with Gasteiger partial charge in [0.2, 0.25) is 0 Å². The van der Waals surface area contributed by atoms with Gasteiger partial charge in [-0.3, -0.25) is 4.79 Å². The third kappa shape index (κ3) is 3.31. The third-order valence-electron chi connectivity index (χ3n) is 3.55. The van der Waals surface area contributed by atoms with Crippen LogP contribution >= 0.6 is 0 Å². The van der Waals surface area contributed by atoms with Gasteiger partial charge in [-0.15, -0.1) is 0 Å². The molecule has 0 aromatic heterocycles. The van der Waals surface area contributed by atoms with E-state index in [1.807, 2.05) is 30.3 Å². The summed E-state index contributed by atoms with van der Waals surface area (Å²) in [6.07, 6.45) is 2.10. The maximum Gasteiger partial charge on any atom is 0.253 e. The number of rotatable bonds is 5. The Kier molecular flexibility index (Phi) is 3.87. The van der Waals surface area contributed by atoms with Gasteiger partial charge in [0.25, 0.3) is 5.91 Å². The van der Waals surface area contributed by atoms with Gasteiger partial charge < -0.3 is 21.1 Å². The maximum atomic E-state index is 12.4. The molecular formula is C17H19N3O2. The second kappa shape index (κ2) is 5.97. The molecule has 4 N–H and O–H groups in total. The van der Waals surface area contributed by atoms with Crippen molar-refractivity contribution in [1.29, 1.82) is 0 Å². The Hall–Kier alpha value is -2.69. The van der Waals surface area contributed by atoms with Crippen LogP contribution in [0, 0.1) is 0 Å². The Bertz CT molecular complexity index is 696. The second-order valence-corrected chi connectivity index (χ2v) is 5.41. The molecular weight excluding hydrogens is 278 g/mol. The van der Waals surface area contributed by atoms with Crippen LogP contribution in [-0.2, 0) is 0 Å². The standard InChI is InChI=1S/C17H19N3O2/c1-22-14-4-2-3-13(10-14)19-16-8-5-11(18)9-15(16)17(21)20-12-6-7-12/h2-5,8-10,12,19H,6-7,18H2,1H3,(H,20,21). The van der Waals surface area contributed by atoms with Gasteiger partial charge in [-0.05, 0) is 43.2 Å². The van der Waals surface area contributed by atoms with Crippen molar-refractivity contribution in [3.05, 3.63) is 48.0 Å². The molecule has 1 fully saturated rings. The first-order chi connectivity index (χ1) is 10.7. The number of carbonyl (C=O) groups excluding carboxylic acids is 1. The average molecular weight is 297 g/mol. The summed E-state index contributed by atoms with van der Waals surface area (Å²) in [5, 5.41) is 6.24. The van der Waals surface area contributed by atoms with E-state index in [0.29, 0.717) is 17.3 Å². The Morgan fingerprint density at radius 3 is 2.77 bits per heavy atom. The van der Waals surface area contributed by atoms with Gasteiger partial charge in [0.05, 0.1) is 18.4 Å². The van der Waals surface area contributed by atoms with Gasteiger partial charge in [0.1, 0.15) is 5.75 Å². The van der Waals surface area contributed by atoms with E-state index < -0.39 is 0 Å². The van der Waals surface area contributed by atoms with Crippen molar-refractivity contribution in [3.63, 3.8) is 0 Å². The van der Waals surface area contributed by atoms with Crippen LogP contribution in [0.3, 0.4) is 0 Å². The van der Waals surface area contributed by atoms with Crippen molar-refractivity contribution < 1.29 is 9.53 Å². The van der Waals surface area contributed by atoms with E-state index in [1.54, 1.807) is 19.2 Å². The fourth-order valence-corrected chi connectivity index (χ4v) is 2.21. The van der Waals surface area contributed by atoms with Gasteiger partial charge in [-0.25, -0.2) is 0 Å². The summed E-state index contributed by atoms with van der Waals surface area (Å²) in [4.78, 5) is 12.4. The zero-order valence-corrected chi connectivity index (χ0v) is 12.4. The van der Waals surface area contributed by atoms with E-state index in [0.717, 1.165) is 30.0 Å². The SMILES string of the molecule is COc1cccc(Nc2ccc(N)cc2C(=O)NC2CC2)c1. The first-order valence-electron chi connectivity index (χ1n) is 7.27. The minimum atomic E-state index is -0.0970. The van der Waals surface area contributed by atoms with Crippen molar-refractivity contribution in [2.45, 2.75) is 18.9 Å². The van der Waals surface area contributed by atoms with Crippen LogP contribution in [-0.4, -0.2) is 19.1 Å². The number of amides is 1. The topological polar surface area (TPSA) is 76.4 Å². The van der Waals surface area contributed by atoms with Crippen LogP contribution in [0.1, 0.15) is 23.2 Å². The highest BCUT2D eigenvalue weighted by atomic mass is 16.5. The van der Waals surface area contributed by atoms with Gasteiger partial charge in [-0.1, -0.05) is 6.07 Å². The van der Waals surface area contributed by atoms with Gasteiger partial charge in [0.15, 0.2) is 0 Å². The Balaban J connectivity index is 1.86. The zero-order chi connectivity index (χ0) is 15.5. The van der Waals surface area contributed by atoms with Crippen molar-refractivity contribution in [3.8, 4) is 5.75 Å². The lowest BCUT2D eigenvalue weighted by Crippen LogP contribution is -2.26. The summed E-state index contributed by atoms with van der Waals surface area (Å²) in [5.41, 5.74) is 8.51. The monoisotopic (exact) mass is 297 g/mol. The third-order valence-corrected chi connectivity index (χ3v) is 3.55. The normalized spacial score (nSPS) is 13.5. The molecule has 1 aliphatic rings. The Morgan fingerprint density at radius 2 is 2.05 bits per heavy atom. The van der Waals surface area contributed by atoms with E-state index >= 15 is 0 Å². The Labute approximate surface area is 129 Å². The number of nitrogens with one attached hydrogen (secondary N) is 2. The summed E-state index contributed by atoms with van der Waals surface area (Å²) in [5.74, 6) is 0.657. The summed E-state index contributed by atoms with van der Waals surface area (Å²) in [6.45, 7) is 0. The molecule has 114 valence electrons. The lowest BCUT2D eigenvalue weighted by molar-refractivity contribution is 0.0952. The van der Waals surface area contributed by atoms with Crippen LogP contribution in [0.4, 0.5) is 17.1 Å². The Morgan fingerprint density at radius 1 is 1.23 bits per heavy atom. The van der Waals surface area contributed by atoms with Crippen molar-refractivity contribution in [2.24, 2.45) is 0 Å². The minimum absolute atomic E-state index is 0.0970. The predicted molar refractivity (Wildman–Crippen MR) is 87.6 cm³/mol. The van der Waals surface area contributed by atoms with Crippen molar-refractivity contribution >= 4 is 23.0 Å². The number of hydrogen-bond acceptors (Lipinski definition) is 4. The van der Waals surface area contributed by atoms with E-state index in [4.69, 9.17) is 10.5 Å². The molecule has 0 unspecified atom stereocenters. The minimum Gasteiger partial charge on any atom is -0.497 e. The van der Waals surface area contributed by atoms with Crippen molar-refractivity contribution in [2.75, 3.05) is 18.2 Å². The van der Waals surface area contributed by atoms with E-state index in [2.05, 4.69) is 10.6 Å². The molecule has 0 atom stereocenters. The molecule has 0 radical (unpaired) electrons. The lowest BCUT2D eigenvalue weighted by atomic mass is 10.1. The molecule has 3 rings (SSSR count). The second-order valence-electron chi connectivity index (χ2n) is 5.41. The summed E-state index contributed by atoms with van der Waals surface area (Å²) < 4.78 is 5.21. The number of carbonyl (C=O) groups is 1. The number of methoxy groups -OCH3 is 1. The highest BCUT2D eigenvalue weighted by molar-refractivity contribution is 6.01. The molecule has 1 amide bonds. The number of anilines is 3. The van der Waals surface area contributed by atoms with Crippen LogP contribution < -0.4 is 21.1 Å². The maximum absolute atomic E-state index is 12.4. The van der Waals surface area contributed by atoms with E-state index in [9.17, 15) is 4.79 Å². The number of hydrogen-bond donors (Lipinski definition) is 3. The molecule has 1 aliphatic carbocycles. The van der Waals surface area contributed by atoms with E-state index in [1.165, 1.54) is 0 Å². The molecule has 5 nitrogen and oxygen atoms in total. The van der Waals surface area contributed by atoms with Crippen molar-refractivity contribution in [1.82, 2.24) is 5.32 Å². The average Bonchev–Trinajstić information content (AvgIpc) is 3.33. The lowest BCUT2D eigenvalue weighted by Gasteiger charge is -2.13. The molecule has 0 heterocycles. The first kappa shape index (κ1) is 14.3. The highest BCUT2D eigenvalue weighted by Crippen LogP contribution is 2.27. The molecule has 0 spiro atoms. The van der Waals surface area contributed by atoms with Gasteiger partial charge >= 0.3 is 0 Å². The van der Waals surface area contributed by atoms with Crippen LogP contribution in [0.2, 0.25) is 0 Å².